The predicted octanol–water partition coefficient (Wildman–Crippen LogP) is 3.74. The fourth-order valence-electron chi connectivity index (χ4n) is 2.51. The minimum absolute atomic E-state index is 0.0864. The standard InChI is InChI=1S/C15H9NO3S2/c1-19-14(18)10-6-8-11-7-4-2-3-5-9(7)16-13(17)12(11)21-15(8)20-10/h2-6H,1H3,(H,16,17). The molecular weight excluding hydrogens is 306 g/mol. The first kappa shape index (κ1) is 12.6. The molecule has 0 aliphatic heterocycles. The smallest absolute Gasteiger partial charge is 0.348 e. The average molecular weight is 315 g/mol. The van der Waals surface area contributed by atoms with E-state index >= 15 is 0 Å². The van der Waals surface area contributed by atoms with E-state index in [0.29, 0.717) is 9.58 Å². The van der Waals surface area contributed by atoms with Gasteiger partial charge in [-0.25, -0.2) is 4.79 Å². The number of aromatic nitrogens is 1. The van der Waals surface area contributed by atoms with E-state index in [1.165, 1.54) is 29.8 Å². The van der Waals surface area contributed by atoms with Gasteiger partial charge in [0.15, 0.2) is 0 Å². The quantitative estimate of drug-likeness (QED) is 0.544. The summed E-state index contributed by atoms with van der Waals surface area (Å²) in [5.74, 6) is -0.342. The highest BCUT2D eigenvalue weighted by atomic mass is 32.2. The van der Waals surface area contributed by atoms with Crippen LogP contribution in [-0.2, 0) is 4.74 Å². The molecule has 1 N–H and O–H groups in total. The van der Waals surface area contributed by atoms with Crippen LogP contribution in [0.25, 0.3) is 30.4 Å². The molecule has 4 rings (SSSR count). The number of H-pyrrole nitrogens is 1. The van der Waals surface area contributed by atoms with E-state index in [0.717, 1.165) is 25.7 Å². The summed E-state index contributed by atoms with van der Waals surface area (Å²) in [7, 11) is 1.37. The van der Waals surface area contributed by atoms with Crippen LogP contribution < -0.4 is 5.56 Å². The highest BCUT2D eigenvalue weighted by Gasteiger charge is 2.17. The van der Waals surface area contributed by atoms with Gasteiger partial charge in [-0.1, -0.05) is 18.2 Å². The van der Waals surface area contributed by atoms with Crippen molar-refractivity contribution in [1.29, 1.82) is 0 Å². The molecule has 104 valence electrons. The molecular formula is C15H9NO3S2. The monoisotopic (exact) mass is 315 g/mol. The molecule has 0 aliphatic carbocycles. The number of carbonyl (C=O) groups excluding carboxylic acids is 1. The van der Waals surface area contributed by atoms with Crippen molar-refractivity contribution in [2.75, 3.05) is 7.11 Å². The first-order chi connectivity index (χ1) is 10.2. The molecule has 0 unspecified atom stereocenters. The van der Waals surface area contributed by atoms with Gasteiger partial charge in [-0.3, -0.25) is 4.79 Å². The number of nitrogens with one attached hydrogen (secondary N) is 1. The summed E-state index contributed by atoms with van der Waals surface area (Å²) in [6.45, 7) is 0. The molecule has 0 atom stereocenters. The third kappa shape index (κ3) is 1.73. The van der Waals surface area contributed by atoms with Crippen LogP contribution in [0.1, 0.15) is 9.67 Å². The Morgan fingerprint density at radius 3 is 2.81 bits per heavy atom. The van der Waals surface area contributed by atoms with E-state index in [-0.39, 0.29) is 11.5 Å². The van der Waals surface area contributed by atoms with Gasteiger partial charge in [0, 0.05) is 21.7 Å². The van der Waals surface area contributed by atoms with Gasteiger partial charge in [0.2, 0.25) is 0 Å². The number of esters is 1. The molecule has 4 nitrogen and oxygen atoms in total. The summed E-state index contributed by atoms with van der Waals surface area (Å²) in [6.07, 6.45) is 0. The van der Waals surface area contributed by atoms with Gasteiger partial charge in [0.05, 0.1) is 11.1 Å². The lowest BCUT2D eigenvalue weighted by Gasteiger charge is -1.99. The van der Waals surface area contributed by atoms with Gasteiger partial charge in [0.1, 0.15) is 9.58 Å². The Balaban J connectivity index is 2.20. The van der Waals surface area contributed by atoms with Crippen LogP contribution in [0.5, 0.6) is 0 Å². The van der Waals surface area contributed by atoms with Crippen molar-refractivity contribution in [3.8, 4) is 0 Å². The third-order valence-corrected chi connectivity index (χ3v) is 5.84. The van der Waals surface area contributed by atoms with Crippen LogP contribution in [-0.4, -0.2) is 18.1 Å². The van der Waals surface area contributed by atoms with Gasteiger partial charge in [-0.2, -0.15) is 0 Å². The zero-order valence-electron chi connectivity index (χ0n) is 10.9. The summed E-state index contributed by atoms with van der Waals surface area (Å²) in [5.41, 5.74) is 0.720. The van der Waals surface area contributed by atoms with Crippen LogP contribution in [0.4, 0.5) is 0 Å². The molecule has 0 saturated heterocycles. The largest absolute Gasteiger partial charge is 0.465 e. The van der Waals surface area contributed by atoms with E-state index in [2.05, 4.69) is 4.98 Å². The topological polar surface area (TPSA) is 59.2 Å². The zero-order valence-corrected chi connectivity index (χ0v) is 12.6. The molecule has 0 saturated carbocycles. The number of para-hydroxylation sites is 1. The van der Waals surface area contributed by atoms with Crippen molar-refractivity contribution in [3.05, 3.63) is 45.6 Å². The maximum absolute atomic E-state index is 12.2. The van der Waals surface area contributed by atoms with E-state index < -0.39 is 0 Å². The number of methoxy groups -OCH3 is 1. The van der Waals surface area contributed by atoms with Crippen molar-refractivity contribution in [1.82, 2.24) is 4.98 Å². The van der Waals surface area contributed by atoms with Crippen LogP contribution in [0.15, 0.2) is 35.1 Å². The summed E-state index contributed by atoms with van der Waals surface area (Å²) in [5, 5.41) is 2.86. The van der Waals surface area contributed by atoms with Crippen molar-refractivity contribution in [3.63, 3.8) is 0 Å². The lowest BCUT2D eigenvalue weighted by Crippen LogP contribution is -2.03. The average Bonchev–Trinajstić information content (AvgIpc) is 3.04. The summed E-state index contributed by atoms with van der Waals surface area (Å²) in [4.78, 5) is 27.3. The molecule has 21 heavy (non-hydrogen) atoms. The van der Waals surface area contributed by atoms with E-state index in [1.807, 2.05) is 30.3 Å². The molecule has 0 aliphatic rings. The van der Waals surface area contributed by atoms with Crippen molar-refractivity contribution in [2.45, 2.75) is 0 Å². The van der Waals surface area contributed by atoms with Crippen molar-refractivity contribution >= 4 is 59.0 Å². The number of ether oxygens (including phenoxy) is 1. The summed E-state index contributed by atoms with van der Waals surface area (Å²) >= 11 is 2.78. The fraction of sp³-hybridized carbons (Fsp3) is 0.0667. The Labute approximate surface area is 126 Å². The van der Waals surface area contributed by atoms with Crippen LogP contribution in [0.2, 0.25) is 0 Å². The number of hydrogen-bond donors (Lipinski definition) is 1. The van der Waals surface area contributed by atoms with Crippen molar-refractivity contribution < 1.29 is 9.53 Å². The molecule has 0 radical (unpaired) electrons. The van der Waals surface area contributed by atoms with Gasteiger partial charge >= 0.3 is 5.97 Å². The fourth-order valence-corrected chi connectivity index (χ4v) is 4.93. The Hall–Kier alpha value is -2.18. The Morgan fingerprint density at radius 2 is 2.00 bits per heavy atom. The number of aromatic amines is 1. The minimum Gasteiger partial charge on any atom is -0.465 e. The lowest BCUT2D eigenvalue weighted by atomic mass is 10.1. The molecule has 0 amide bonds. The first-order valence-corrected chi connectivity index (χ1v) is 7.87. The molecule has 1 aromatic carbocycles. The van der Waals surface area contributed by atoms with Gasteiger partial charge < -0.3 is 9.72 Å². The molecule has 6 heteroatoms. The molecule has 0 bridgehead atoms. The lowest BCUT2D eigenvalue weighted by molar-refractivity contribution is 0.0606. The summed E-state index contributed by atoms with van der Waals surface area (Å²) in [6, 6.07) is 9.51. The minimum atomic E-state index is -0.342. The van der Waals surface area contributed by atoms with Gasteiger partial charge in [-0.05, 0) is 12.1 Å². The third-order valence-electron chi connectivity index (χ3n) is 3.43. The molecule has 0 spiro atoms. The van der Waals surface area contributed by atoms with E-state index in [9.17, 15) is 9.59 Å². The number of benzene rings is 1. The number of rotatable bonds is 1. The SMILES string of the molecule is COC(=O)c1cc2c(s1)sc1c(=O)[nH]c3ccccc3c12. The highest BCUT2D eigenvalue weighted by molar-refractivity contribution is 7.42. The molecule has 3 heterocycles. The van der Waals surface area contributed by atoms with E-state index in [1.54, 1.807) is 0 Å². The van der Waals surface area contributed by atoms with Gasteiger partial charge in [0.25, 0.3) is 5.56 Å². The van der Waals surface area contributed by atoms with Crippen molar-refractivity contribution in [2.24, 2.45) is 0 Å². The number of fused-ring (bicyclic) bond motifs is 5. The van der Waals surface area contributed by atoms with E-state index in [4.69, 9.17) is 4.74 Å². The van der Waals surface area contributed by atoms with Crippen LogP contribution >= 0.6 is 22.7 Å². The summed E-state index contributed by atoms with van der Waals surface area (Å²) < 4.78 is 6.43. The second kappa shape index (κ2) is 4.41. The maximum Gasteiger partial charge on any atom is 0.348 e. The van der Waals surface area contributed by atoms with Crippen LogP contribution in [0, 0.1) is 0 Å². The molecule has 3 aromatic heterocycles. The Kier molecular flexibility index (Phi) is 2.63. The van der Waals surface area contributed by atoms with Gasteiger partial charge in [-0.15, -0.1) is 22.7 Å². The first-order valence-electron chi connectivity index (χ1n) is 6.24. The normalized spacial score (nSPS) is 11.5. The highest BCUT2D eigenvalue weighted by Crippen LogP contribution is 2.40. The second-order valence-corrected chi connectivity index (χ2v) is 6.94. The van der Waals surface area contributed by atoms with Crippen LogP contribution in [0.3, 0.4) is 0 Å². The maximum atomic E-state index is 12.2. The zero-order chi connectivity index (χ0) is 14.6. The molecule has 0 fully saturated rings. The number of pyridine rings is 1. The number of hydrogen-bond acceptors (Lipinski definition) is 5. The number of carbonyl (C=O) groups is 1. The Bertz CT molecular complexity index is 1070. The number of thiophene rings is 2. The second-order valence-electron chi connectivity index (χ2n) is 4.61. The Morgan fingerprint density at radius 1 is 1.19 bits per heavy atom. The molecule has 4 aromatic rings. The predicted molar refractivity (Wildman–Crippen MR) is 86.7 cm³/mol.